The van der Waals surface area contributed by atoms with E-state index in [1.54, 1.807) is 18.2 Å². The Bertz CT molecular complexity index is 653. The summed E-state index contributed by atoms with van der Waals surface area (Å²) in [5, 5.41) is 12.8. The predicted molar refractivity (Wildman–Crippen MR) is 97.8 cm³/mol. The fraction of sp³-hybridized carbons (Fsp3) is 0.294. The normalized spacial score (nSPS) is 14.7. The third kappa shape index (κ3) is 3.92. The van der Waals surface area contributed by atoms with E-state index in [4.69, 9.17) is 28.9 Å². The Labute approximate surface area is 142 Å². The molecule has 2 rings (SSSR count). The van der Waals surface area contributed by atoms with Crippen molar-refractivity contribution < 1.29 is 5.11 Å². The molecule has 5 heteroatoms. The molecule has 0 spiro atoms. The van der Waals surface area contributed by atoms with Crippen LogP contribution in [0.1, 0.15) is 23.3 Å². The summed E-state index contributed by atoms with van der Waals surface area (Å²) in [4.78, 5) is 0. The summed E-state index contributed by atoms with van der Waals surface area (Å²) >= 11 is 11.9. The number of aliphatic hydroxyl groups excluding tert-OH is 1. The summed E-state index contributed by atoms with van der Waals surface area (Å²) in [5.74, 6) is 0. The molecule has 2 unspecified atom stereocenters. The van der Waals surface area contributed by atoms with Gasteiger partial charge in [-0.1, -0.05) is 78.4 Å². The smallest absolute Gasteiger partial charge is 0.0982 e. The van der Waals surface area contributed by atoms with Gasteiger partial charge in [0.1, 0.15) is 0 Å². The van der Waals surface area contributed by atoms with Crippen LogP contribution in [0.5, 0.6) is 0 Å². The number of hydrogen-bond donors (Lipinski definition) is 2. The van der Waals surface area contributed by atoms with Crippen molar-refractivity contribution in [3.63, 3.8) is 0 Å². The minimum atomic E-state index is -1.34. The molecule has 3 N–H and O–H groups in total. The van der Waals surface area contributed by atoms with Gasteiger partial charge in [0.05, 0.1) is 30.3 Å². The lowest BCUT2D eigenvalue weighted by atomic mass is 9.97. The average Bonchev–Trinajstić information content (AvgIpc) is 2.48. The number of hydrogen-bond acceptors (Lipinski definition) is 2. The molecule has 0 saturated heterocycles. The highest BCUT2D eigenvalue weighted by molar-refractivity contribution is 6.88. The van der Waals surface area contributed by atoms with Crippen LogP contribution >= 0.6 is 23.2 Å². The summed E-state index contributed by atoms with van der Waals surface area (Å²) in [6, 6.07) is 12.7. The maximum absolute atomic E-state index is 10.5. The molecule has 2 aromatic carbocycles. The third-order valence-corrected chi connectivity index (χ3v) is 6.59. The van der Waals surface area contributed by atoms with Crippen LogP contribution < -0.4 is 10.9 Å². The van der Waals surface area contributed by atoms with Crippen molar-refractivity contribution in [2.45, 2.75) is 31.8 Å². The molecule has 0 aromatic heterocycles. The zero-order valence-electron chi connectivity index (χ0n) is 13.0. The Morgan fingerprint density at radius 3 is 1.95 bits per heavy atom. The molecule has 0 heterocycles. The number of rotatable bonds is 4. The van der Waals surface area contributed by atoms with Gasteiger partial charge in [0.15, 0.2) is 0 Å². The zero-order chi connectivity index (χ0) is 16.5. The van der Waals surface area contributed by atoms with Crippen molar-refractivity contribution in [1.82, 2.24) is 0 Å². The highest BCUT2D eigenvalue weighted by Crippen LogP contribution is 2.30. The molecule has 2 nitrogen and oxygen atoms in total. The summed E-state index contributed by atoms with van der Waals surface area (Å²) in [5.41, 5.74) is 7.74. The van der Waals surface area contributed by atoms with Crippen LogP contribution in [0.2, 0.25) is 29.7 Å². The van der Waals surface area contributed by atoms with Crippen molar-refractivity contribution in [2.24, 2.45) is 5.73 Å². The molecule has 2 aromatic rings. The number of aliphatic hydroxyl groups is 1. The molecule has 0 saturated carbocycles. The first kappa shape index (κ1) is 17.5. The van der Waals surface area contributed by atoms with E-state index in [9.17, 15) is 5.11 Å². The van der Waals surface area contributed by atoms with Crippen LogP contribution in [0.15, 0.2) is 42.5 Å². The molecular formula is C17H21Cl2NOSi. The summed E-state index contributed by atoms with van der Waals surface area (Å²) in [7, 11) is -1.34. The van der Waals surface area contributed by atoms with E-state index in [1.807, 2.05) is 12.1 Å². The highest BCUT2D eigenvalue weighted by atomic mass is 35.5. The van der Waals surface area contributed by atoms with E-state index in [0.717, 1.165) is 11.1 Å². The second-order valence-corrected chi connectivity index (χ2v) is 12.4. The molecule has 22 heavy (non-hydrogen) atoms. The minimum absolute atomic E-state index is 0.441. The molecule has 0 amide bonds. The van der Waals surface area contributed by atoms with Crippen LogP contribution in [0.4, 0.5) is 0 Å². The molecule has 2 atom stereocenters. The second kappa shape index (κ2) is 6.73. The van der Waals surface area contributed by atoms with E-state index < -0.39 is 20.2 Å². The number of nitrogens with two attached hydrogens (primary N) is 1. The molecular weight excluding hydrogens is 333 g/mol. The van der Waals surface area contributed by atoms with Crippen LogP contribution in [0, 0.1) is 0 Å². The van der Waals surface area contributed by atoms with Crippen LogP contribution in [0.25, 0.3) is 0 Å². The highest BCUT2D eigenvalue weighted by Gasteiger charge is 2.21. The fourth-order valence-electron chi connectivity index (χ4n) is 2.29. The van der Waals surface area contributed by atoms with Gasteiger partial charge in [0.2, 0.25) is 0 Å². The molecule has 0 aliphatic heterocycles. The first-order valence-corrected chi connectivity index (χ1v) is 11.4. The van der Waals surface area contributed by atoms with Crippen molar-refractivity contribution in [3.05, 3.63) is 63.6 Å². The fourth-order valence-corrected chi connectivity index (χ4v) is 3.76. The van der Waals surface area contributed by atoms with Gasteiger partial charge in [-0.2, -0.15) is 0 Å². The molecule has 0 radical (unpaired) electrons. The first-order valence-electron chi connectivity index (χ1n) is 7.19. The topological polar surface area (TPSA) is 46.2 Å². The van der Waals surface area contributed by atoms with Crippen molar-refractivity contribution in [3.8, 4) is 0 Å². The maximum atomic E-state index is 10.5. The summed E-state index contributed by atoms with van der Waals surface area (Å²) < 4.78 is 0. The number of benzene rings is 2. The van der Waals surface area contributed by atoms with Crippen LogP contribution in [-0.2, 0) is 0 Å². The average molecular weight is 354 g/mol. The van der Waals surface area contributed by atoms with Gasteiger partial charge in [0.25, 0.3) is 0 Å². The van der Waals surface area contributed by atoms with Crippen LogP contribution in [-0.4, -0.2) is 13.2 Å². The van der Waals surface area contributed by atoms with E-state index >= 15 is 0 Å². The minimum Gasteiger partial charge on any atom is -0.386 e. The largest absolute Gasteiger partial charge is 0.386 e. The standard InChI is InChI=1S/C17H21Cl2NOSi/c1-22(2,3)13-7-4-11(5-8-13)17(21)16(20)12-6-9-14(18)15(19)10-12/h4-10,16-17,21H,20H2,1-3H3. The Balaban J connectivity index is 2.23. The summed E-state index contributed by atoms with van der Waals surface area (Å²) in [6.45, 7) is 6.87. The summed E-state index contributed by atoms with van der Waals surface area (Å²) in [6.07, 6.45) is -0.784. The van der Waals surface area contributed by atoms with Crippen molar-refractivity contribution in [1.29, 1.82) is 0 Å². The lowest BCUT2D eigenvalue weighted by molar-refractivity contribution is 0.147. The Morgan fingerprint density at radius 2 is 1.45 bits per heavy atom. The van der Waals surface area contributed by atoms with Crippen molar-refractivity contribution in [2.75, 3.05) is 0 Å². The van der Waals surface area contributed by atoms with Gasteiger partial charge in [0, 0.05) is 0 Å². The maximum Gasteiger partial charge on any atom is 0.0982 e. The SMILES string of the molecule is C[Si](C)(C)c1ccc(C(O)C(N)c2ccc(Cl)c(Cl)c2)cc1. The van der Waals surface area contributed by atoms with Gasteiger partial charge in [-0.25, -0.2) is 0 Å². The molecule has 0 fully saturated rings. The predicted octanol–water partition coefficient (Wildman–Crippen LogP) is 4.27. The van der Waals surface area contributed by atoms with E-state index in [1.165, 1.54) is 5.19 Å². The molecule has 0 bridgehead atoms. The first-order chi connectivity index (χ1) is 10.2. The Morgan fingerprint density at radius 1 is 0.909 bits per heavy atom. The van der Waals surface area contributed by atoms with Crippen LogP contribution in [0.3, 0.4) is 0 Å². The second-order valence-electron chi connectivity index (χ2n) is 6.52. The molecule has 118 valence electrons. The van der Waals surface area contributed by atoms with Gasteiger partial charge in [-0.05, 0) is 23.3 Å². The van der Waals surface area contributed by atoms with Gasteiger partial charge in [-0.15, -0.1) is 0 Å². The monoisotopic (exact) mass is 353 g/mol. The lowest BCUT2D eigenvalue weighted by Crippen LogP contribution is -2.37. The van der Waals surface area contributed by atoms with Gasteiger partial charge >= 0.3 is 0 Å². The Kier molecular flexibility index (Phi) is 5.36. The zero-order valence-corrected chi connectivity index (χ0v) is 15.5. The lowest BCUT2D eigenvalue weighted by Gasteiger charge is -2.22. The quantitative estimate of drug-likeness (QED) is 0.806. The van der Waals surface area contributed by atoms with E-state index in [2.05, 4.69) is 31.8 Å². The molecule has 0 aliphatic carbocycles. The molecule has 0 aliphatic rings. The Hall–Kier alpha value is -0.843. The number of halogens is 2. The van der Waals surface area contributed by atoms with Gasteiger partial charge < -0.3 is 10.8 Å². The van der Waals surface area contributed by atoms with Gasteiger partial charge in [-0.3, -0.25) is 0 Å². The third-order valence-electron chi connectivity index (χ3n) is 3.79. The van der Waals surface area contributed by atoms with Crippen molar-refractivity contribution >= 4 is 36.5 Å². The van der Waals surface area contributed by atoms with E-state index in [-0.39, 0.29) is 0 Å². The van der Waals surface area contributed by atoms with E-state index in [0.29, 0.717) is 10.0 Å².